The van der Waals surface area contributed by atoms with Crippen molar-refractivity contribution in [2.75, 3.05) is 12.8 Å². The molecule has 4 rings (SSSR count). The van der Waals surface area contributed by atoms with Crippen LogP contribution in [0.5, 0.6) is 0 Å². The second-order valence-electron chi connectivity index (χ2n) is 13.0. The Balaban J connectivity index is 0.000000642. The van der Waals surface area contributed by atoms with Crippen LogP contribution in [-0.4, -0.2) is 18.9 Å². The van der Waals surface area contributed by atoms with Gasteiger partial charge in [-0.3, -0.25) is 0 Å². The van der Waals surface area contributed by atoms with Crippen LogP contribution in [0, 0.1) is 35.5 Å². The maximum Gasteiger partial charge on any atom is 0.0575 e. The highest BCUT2D eigenvalue weighted by Gasteiger charge is 2.29. The normalized spacial score (nSPS) is 34.2. The van der Waals surface area contributed by atoms with Crippen molar-refractivity contribution in [2.45, 2.75) is 142 Å². The van der Waals surface area contributed by atoms with Crippen molar-refractivity contribution in [3.63, 3.8) is 0 Å². The molecule has 4 fully saturated rings. The van der Waals surface area contributed by atoms with Crippen LogP contribution in [0.3, 0.4) is 0 Å². The minimum absolute atomic E-state index is 0.515. The minimum atomic E-state index is 0.515. The molecule has 4 aliphatic carbocycles. The smallest absolute Gasteiger partial charge is 0.0575 e. The first-order valence-corrected chi connectivity index (χ1v) is 17.1. The van der Waals surface area contributed by atoms with Gasteiger partial charge in [0, 0.05) is 6.61 Å². The van der Waals surface area contributed by atoms with E-state index >= 15 is 0 Å². The lowest BCUT2D eigenvalue weighted by Gasteiger charge is -2.37. The van der Waals surface area contributed by atoms with E-state index in [-0.39, 0.29) is 0 Å². The van der Waals surface area contributed by atoms with Crippen molar-refractivity contribution in [1.82, 2.24) is 0 Å². The first kappa shape index (κ1) is 30.4. The van der Waals surface area contributed by atoms with Crippen LogP contribution in [0.15, 0.2) is 23.8 Å². The molecule has 0 heterocycles. The van der Waals surface area contributed by atoms with Gasteiger partial charge in [-0.05, 0) is 138 Å². The fraction of sp³-hybridized carbons (Fsp3) is 0.882. The van der Waals surface area contributed by atoms with E-state index in [9.17, 15) is 0 Å². The molecule has 1 unspecified atom stereocenters. The fourth-order valence-electron chi connectivity index (χ4n) is 7.22. The predicted molar refractivity (Wildman–Crippen MR) is 163 cm³/mol. The van der Waals surface area contributed by atoms with E-state index in [1.54, 1.807) is 5.57 Å². The third-order valence-corrected chi connectivity index (χ3v) is 10.5. The largest absolute Gasteiger partial charge is 0.379 e. The molecule has 0 aromatic rings. The van der Waals surface area contributed by atoms with Gasteiger partial charge in [-0.15, -0.1) is 9.24 Å². The lowest BCUT2D eigenvalue weighted by Crippen LogP contribution is -2.25. The first-order chi connectivity index (χ1) is 17.6. The third kappa shape index (κ3) is 10.9. The summed E-state index contributed by atoms with van der Waals surface area (Å²) in [6.07, 6.45) is 34.8. The number of hydrogen-bond acceptors (Lipinski definition) is 1. The molecule has 2 heteroatoms. The maximum absolute atomic E-state index is 5.89. The number of rotatable bonds is 10. The Morgan fingerprint density at radius 3 is 1.92 bits per heavy atom. The van der Waals surface area contributed by atoms with Crippen LogP contribution in [0.1, 0.15) is 136 Å². The molecule has 4 saturated carbocycles. The van der Waals surface area contributed by atoms with Gasteiger partial charge in [0.1, 0.15) is 0 Å². The van der Waals surface area contributed by atoms with Crippen LogP contribution < -0.4 is 0 Å². The summed E-state index contributed by atoms with van der Waals surface area (Å²) in [6, 6.07) is 0. The zero-order valence-electron chi connectivity index (χ0n) is 24.4. The molecule has 0 spiro atoms. The van der Waals surface area contributed by atoms with Gasteiger partial charge in [0.05, 0.1) is 6.10 Å². The van der Waals surface area contributed by atoms with Crippen LogP contribution in [-0.2, 0) is 4.74 Å². The van der Waals surface area contributed by atoms with E-state index in [0.29, 0.717) is 6.10 Å². The van der Waals surface area contributed by atoms with Gasteiger partial charge in [-0.1, -0.05) is 64.2 Å². The molecule has 0 aromatic heterocycles. The highest BCUT2D eigenvalue weighted by atomic mass is 31.0. The van der Waals surface area contributed by atoms with Crippen molar-refractivity contribution in [1.29, 1.82) is 0 Å². The van der Waals surface area contributed by atoms with Gasteiger partial charge in [0.2, 0.25) is 0 Å². The minimum Gasteiger partial charge on any atom is -0.379 e. The lowest BCUT2D eigenvalue weighted by atomic mass is 9.69. The average molecular weight is 517 g/mol. The summed E-state index contributed by atoms with van der Waals surface area (Å²) >= 11 is 0. The van der Waals surface area contributed by atoms with Gasteiger partial charge in [0.15, 0.2) is 0 Å². The molecule has 4 aliphatic rings. The van der Waals surface area contributed by atoms with Crippen molar-refractivity contribution in [3.8, 4) is 0 Å². The molecule has 36 heavy (non-hydrogen) atoms. The Labute approximate surface area is 228 Å². The number of allylic oxidation sites excluding steroid dienone is 4. The first-order valence-electron chi connectivity index (χ1n) is 16.3. The van der Waals surface area contributed by atoms with E-state index in [1.165, 1.54) is 122 Å². The van der Waals surface area contributed by atoms with Gasteiger partial charge in [-0.25, -0.2) is 0 Å². The summed E-state index contributed by atoms with van der Waals surface area (Å²) < 4.78 is 5.89. The topological polar surface area (TPSA) is 9.23 Å². The molecule has 0 amide bonds. The van der Waals surface area contributed by atoms with Crippen LogP contribution in [0.25, 0.3) is 0 Å². The quantitative estimate of drug-likeness (QED) is 0.159. The molecule has 0 aliphatic heterocycles. The molecule has 0 bridgehead atoms. The maximum atomic E-state index is 5.89. The van der Waals surface area contributed by atoms with Crippen molar-refractivity contribution in [3.05, 3.63) is 23.8 Å². The fourth-order valence-corrected chi connectivity index (χ4v) is 7.45. The molecule has 0 aromatic carbocycles. The Hall–Kier alpha value is -0.130. The second-order valence-corrected chi connectivity index (χ2v) is 13.6. The van der Waals surface area contributed by atoms with Gasteiger partial charge in [0.25, 0.3) is 0 Å². The summed E-state index contributed by atoms with van der Waals surface area (Å²) in [5.41, 5.74) is 1.64. The Bertz CT molecular complexity index is 611. The Kier molecular flexibility index (Phi) is 14.7. The molecule has 0 N–H and O–H groups in total. The van der Waals surface area contributed by atoms with Crippen molar-refractivity contribution in [2.24, 2.45) is 35.5 Å². The molecule has 208 valence electrons. The summed E-state index contributed by atoms with van der Waals surface area (Å²) in [6.45, 7) is 7.76. The molecule has 1 nitrogen and oxygen atoms in total. The molecular weight excluding hydrogens is 455 g/mol. The van der Waals surface area contributed by atoms with Crippen LogP contribution in [0.4, 0.5) is 0 Å². The van der Waals surface area contributed by atoms with Gasteiger partial charge >= 0.3 is 0 Å². The Morgan fingerprint density at radius 2 is 1.39 bits per heavy atom. The van der Waals surface area contributed by atoms with Crippen LogP contribution >= 0.6 is 9.24 Å². The van der Waals surface area contributed by atoms with E-state index in [2.05, 4.69) is 48.2 Å². The molecule has 0 radical (unpaired) electrons. The van der Waals surface area contributed by atoms with E-state index in [1.807, 2.05) is 0 Å². The van der Waals surface area contributed by atoms with Gasteiger partial charge < -0.3 is 4.74 Å². The number of ether oxygens (including phenoxy) is 1. The molecular formula is C34H61OP. The highest BCUT2D eigenvalue weighted by Crippen LogP contribution is 2.42. The number of hydrogen-bond donors (Lipinski definition) is 0. The molecule has 0 saturated heterocycles. The average Bonchev–Trinajstić information content (AvgIpc) is 2.89. The van der Waals surface area contributed by atoms with E-state index in [0.717, 1.165) is 42.1 Å². The second kappa shape index (κ2) is 17.5. The van der Waals surface area contributed by atoms with Gasteiger partial charge in [-0.2, -0.15) is 0 Å². The summed E-state index contributed by atoms with van der Waals surface area (Å²) in [7, 11) is 2.88. The molecule has 1 atom stereocenters. The zero-order valence-corrected chi connectivity index (χ0v) is 25.6. The Morgan fingerprint density at radius 1 is 0.778 bits per heavy atom. The summed E-state index contributed by atoms with van der Waals surface area (Å²) in [5, 5.41) is 0. The van der Waals surface area contributed by atoms with E-state index in [4.69, 9.17) is 4.74 Å². The SMILES string of the molecule is CC1CCC1.CCOC1CCC(C(=CCCCP)/C=C\CC2CCC(C3CCC(C)CC3)CC2)CC1. The zero-order chi connectivity index (χ0) is 25.6. The number of unbranched alkanes of at least 4 members (excludes halogenated alkanes) is 1. The van der Waals surface area contributed by atoms with Crippen LogP contribution in [0.2, 0.25) is 0 Å². The van der Waals surface area contributed by atoms with Crippen molar-refractivity contribution < 1.29 is 4.74 Å². The third-order valence-electron chi connectivity index (χ3n) is 10.1. The van der Waals surface area contributed by atoms with Crippen molar-refractivity contribution >= 4 is 9.24 Å². The summed E-state index contributed by atoms with van der Waals surface area (Å²) in [5.74, 6) is 5.88. The summed E-state index contributed by atoms with van der Waals surface area (Å²) in [4.78, 5) is 0. The lowest BCUT2D eigenvalue weighted by molar-refractivity contribution is 0.0295. The monoisotopic (exact) mass is 516 g/mol. The predicted octanol–water partition coefficient (Wildman–Crippen LogP) is 10.5. The standard InChI is InChI=1S/C29H51OP.C5H10/c1-3-30-29-20-18-28(19-21-29)25(8-4-5-22-31)9-6-7-24-12-16-27(17-13-24)26-14-10-23(2)11-15-26;1-5-3-2-4-5/h6,8-9,23-24,26-29H,3-5,7,10-22,31H2,1-2H3;5H,2-4H2,1H3/b9-6-,25-8?;. The highest BCUT2D eigenvalue weighted by molar-refractivity contribution is 7.16. The van der Waals surface area contributed by atoms with E-state index < -0.39 is 0 Å².